The molecule has 0 aliphatic heterocycles. The summed E-state index contributed by atoms with van der Waals surface area (Å²) >= 11 is 6.09. The number of anilines is 1. The van der Waals surface area contributed by atoms with E-state index in [2.05, 4.69) is 16.6 Å². The summed E-state index contributed by atoms with van der Waals surface area (Å²) in [6.45, 7) is 8.93. The van der Waals surface area contributed by atoms with E-state index in [-0.39, 0.29) is 11.1 Å². The largest absolute Gasteiger partial charge is 0.491 e. The molecule has 0 bridgehead atoms. The van der Waals surface area contributed by atoms with E-state index in [0.29, 0.717) is 17.0 Å². The van der Waals surface area contributed by atoms with Gasteiger partial charge in [0.05, 0.1) is 23.9 Å². The molecule has 1 N–H and O–H groups in total. The zero-order chi connectivity index (χ0) is 17.6. The Hall–Kier alpha value is -2.21. The van der Waals surface area contributed by atoms with Crippen molar-refractivity contribution in [1.82, 2.24) is 0 Å². The van der Waals surface area contributed by atoms with E-state index >= 15 is 0 Å². The summed E-state index contributed by atoms with van der Waals surface area (Å²) in [4.78, 5) is 23.4. The average molecular weight is 342 g/mol. The number of amides is 1. The van der Waals surface area contributed by atoms with Crippen LogP contribution in [0.25, 0.3) is 0 Å². The molecule has 7 heteroatoms. The second-order valence-corrected chi connectivity index (χ2v) is 5.50. The van der Waals surface area contributed by atoms with E-state index in [9.17, 15) is 9.59 Å². The van der Waals surface area contributed by atoms with Gasteiger partial charge in [0.2, 0.25) is 6.10 Å². The third kappa shape index (κ3) is 5.83. The lowest BCUT2D eigenvalue weighted by Gasteiger charge is -2.16. The van der Waals surface area contributed by atoms with Gasteiger partial charge < -0.3 is 14.2 Å². The third-order valence-corrected chi connectivity index (χ3v) is 2.95. The number of hydrogen-bond acceptors (Lipinski definition) is 5. The summed E-state index contributed by atoms with van der Waals surface area (Å²) in [7, 11) is 1.20. The molecular weight excluding hydrogens is 322 g/mol. The second-order valence-electron chi connectivity index (χ2n) is 5.09. The minimum Gasteiger partial charge on any atom is -0.491 e. The van der Waals surface area contributed by atoms with Crippen LogP contribution in [0.4, 0.5) is 10.5 Å². The standard InChI is InChI=1S/C16H20ClNO5/c1-9(2)14(15(19)21-5)23-16(20)18-13-7-6-11(8-12(13)17)22-10(3)4/h6-8,10,14H,1H2,2-5H3,(H,18,20). The maximum atomic E-state index is 11.9. The van der Waals surface area contributed by atoms with Gasteiger partial charge in [-0.3, -0.25) is 5.32 Å². The highest BCUT2D eigenvalue weighted by Gasteiger charge is 2.24. The number of carbonyl (C=O) groups is 2. The summed E-state index contributed by atoms with van der Waals surface area (Å²) < 4.78 is 15.1. The van der Waals surface area contributed by atoms with Crippen LogP contribution in [0.1, 0.15) is 20.8 Å². The highest BCUT2D eigenvalue weighted by atomic mass is 35.5. The first-order chi connectivity index (χ1) is 10.7. The topological polar surface area (TPSA) is 73.9 Å². The van der Waals surface area contributed by atoms with Crippen LogP contribution < -0.4 is 10.1 Å². The summed E-state index contributed by atoms with van der Waals surface area (Å²) in [5.41, 5.74) is 0.678. The zero-order valence-electron chi connectivity index (χ0n) is 13.5. The normalized spacial score (nSPS) is 11.6. The highest BCUT2D eigenvalue weighted by molar-refractivity contribution is 6.33. The maximum Gasteiger partial charge on any atom is 0.412 e. The molecule has 23 heavy (non-hydrogen) atoms. The Morgan fingerprint density at radius 2 is 1.96 bits per heavy atom. The summed E-state index contributed by atoms with van der Waals surface area (Å²) in [5.74, 6) is -0.127. The fourth-order valence-corrected chi connectivity index (χ4v) is 1.86. The minimum atomic E-state index is -1.18. The van der Waals surface area contributed by atoms with Gasteiger partial charge in [-0.15, -0.1) is 0 Å². The van der Waals surface area contributed by atoms with Crippen LogP contribution in [-0.4, -0.2) is 31.4 Å². The van der Waals surface area contributed by atoms with Crippen molar-refractivity contribution in [3.05, 3.63) is 35.4 Å². The molecule has 0 spiro atoms. The van der Waals surface area contributed by atoms with Crippen molar-refractivity contribution in [2.24, 2.45) is 0 Å². The Morgan fingerprint density at radius 1 is 1.30 bits per heavy atom. The molecule has 1 rings (SSSR count). The lowest BCUT2D eigenvalue weighted by Crippen LogP contribution is -2.31. The van der Waals surface area contributed by atoms with Gasteiger partial charge in [0, 0.05) is 6.07 Å². The van der Waals surface area contributed by atoms with Crippen LogP contribution >= 0.6 is 11.6 Å². The van der Waals surface area contributed by atoms with Crippen molar-refractivity contribution in [2.75, 3.05) is 12.4 Å². The van der Waals surface area contributed by atoms with E-state index in [4.69, 9.17) is 21.1 Å². The number of rotatable bonds is 6. The molecule has 0 saturated carbocycles. The van der Waals surface area contributed by atoms with Crippen LogP contribution in [-0.2, 0) is 14.3 Å². The van der Waals surface area contributed by atoms with Gasteiger partial charge in [-0.2, -0.15) is 0 Å². The predicted molar refractivity (Wildman–Crippen MR) is 87.9 cm³/mol. The zero-order valence-corrected chi connectivity index (χ0v) is 14.3. The number of esters is 1. The number of ether oxygens (including phenoxy) is 3. The van der Waals surface area contributed by atoms with Crippen LogP contribution in [0.15, 0.2) is 30.4 Å². The van der Waals surface area contributed by atoms with Crippen LogP contribution in [0.3, 0.4) is 0 Å². The number of benzene rings is 1. The molecule has 0 aromatic heterocycles. The monoisotopic (exact) mass is 341 g/mol. The van der Waals surface area contributed by atoms with E-state index in [0.717, 1.165) is 0 Å². The van der Waals surface area contributed by atoms with Crippen LogP contribution in [0.2, 0.25) is 5.02 Å². The maximum absolute atomic E-state index is 11.9. The SMILES string of the molecule is C=C(C)C(OC(=O)Nc1ccc(OC(C)C)cc1Cl)C(=O)OC. The number of halogens is 1. The van der Waals surface area contributed by atoms with Gasteiger partial charge >= 0.3 is 12.1 Å². The highest BCUT2D eigenvalue weighted by Crippen LogP contribution is 2.27. The van der Waals surface area contributed by atoms with Crippen molar-refractivity contribution < 1.29 is 23.8 Å². The smallest absolute Gasteiger partial charge is 0.412 e. The number of hydrogen-bond donors (Lipinski definition) is 1. The number of carbonyl (C=O) groups excluding carboxylic acids is 2. The summed E-state index contributed by atoms with van der Waals surface area (Å²) in [6.07, 6.45) is -2.02. The van der Waals surface area contributed by atoms with Gasteiger partial charge in [-0.25, -0.2) is 9.59 Å². The molecule has 0 fully saturated rings. The molecule has 0 radical (unpaired) electrons. The second kappa shape index (κ2) is 8.43. The van der Waals surface area contributed by atoms with E-state index < -0.39 is 18.2 Å². The van der Waals surface area contributed by atoms with E-state index in [1.807, 2.05) is 13.8 Å². The van der Waals surface area contributed by atoms with Gasteiger partial charge in [-0.1, -0.05) is 18.2 Å². The van der Waals surface area contributed by atoms with Gasteiger partial charge in [0.1, 0.15) is 5.75 Å². The average Bonchev–Trinajstić information content (AvgIpc) is 2.46. The lowest BCUT2D eigenvalue weighted by atomic mass is 10.2. The molecule has 0 aliphatic carbocycles. The Balaban J connectivity index is 2.77. The molecule has 0 aliphatic rings. The molecule has 1 aromatic carbocycles. The molecule has 126 valence electrons. The van der Waals surface area contributed by atoms with Crippen molar-refractivity contribution in [3.63, 3.8) is 0 Å². The summed E-state index contributed by atoms with van der Waals surface area (Å²) in [6, 6.07) is 4.82. The molecular formula is C16H20ClNO5. The molecule has 6 nitrogen and oxygen atoms in total. The van der Waals surface area contributed by atoms with Gasteiger partial charge in [0.25, 0.3) is 0 Å². The molecule has 0 saturated heterocycles. The predicted octanol–water partition coefficient (Wildman–Crippen LogP) is 3.79. The van der Waals surface area contributed by atoms with Gasteiger partial charge in [0.15, 0.2) is 0 Å². The lowest BCUT2D eigenvalue weighted by molar-refractivity contribution is -0.148. The van der Waals surface area contributed by atoms with Crippen molar-refractivity contribution >= 4 is 29.4 Å². The van der Waals surface area contributed by atoms with Crippen LogP contribution in [0, 0.1) is 0 Å². The molecule has 1 aromatic rings. The number of methoxy groups -OCH3 is 1. The first-order valence-corrected chi connectivity index (χ1v) is 7.29. The van der Waals surface area contributed by atoms with Gasteiger partial charge in [-0.05, 0) is 38.5 Å². The Labute approximate surface area is 140 Å². The minimum absolute atomic E-state index is 0.00576. The quantitative estimate of drug-likeness (QED) is 0.629. The summed E-state index contributed by atoms with van der Waals surface area (Å²) in [5, 5.41) is 2.74. The molecule has 1 atom stereocenters. The van der Waals surface area contributed by atoms with Crippen molar-refractivity contribution in [1.29, 1.82) is 0 Å². The molecule has 1 amide bonds. The number of nitrogens with one attached hydrogen (secondary N) is 1. The fraction of sp³-hybridized carbons (Fsp3) is 0.375. The van der Waals surface area contributed by atoms with Crippen molar-refractivity contribution in [3.8, 4) is 5.75 Å². The first-order valence-electron chi connectivity index (χ1n) is 6.91. The molecule has 0 heterocycles. The van der Waals surface area contributed by atoms with E-state index in [1.165, 1.54) is 7.11 Å². The Bertz CT molecular complexity index is 600. The molecule has 1 unspecified atom stereocenters. The Morgan fingerprint density at radius 3 is 2.43 bits per heavy atom. The van der Waals surface area contributed by atoms with Crippen molar-refractivity contribution in [2.45, 2.75) is 33.0 Å². The third-order valence-electron chi connectivity index (χ3n) is 2.64. The van der Waals surface area contributed by atoms with Crippen LogP contribution in [0.5, 0.6) is 5.75 Å². The fourth-order valence-electron chi connectivity index (χ4n) is 1.65. The Kier molecular flexibility index (Phi) is 6.90. The van der Waals surface area contributed by atoms with E-state index in [1.54, 1.807) is 25.1 Å². The first kappa shape index (κ1) is 18.8.